The van der Waals surface area contributed by atoms with E-state index < -0.39 is 0 Å². The quantitative estimate of drug-likeness (QED) is 0.762. The smallest absolute Gasteiger partial charge is 0.409 e. The van der Waals surface area contributed by atoms with E-state index >= 15 is 0 Å². The van der Waals surface area contributed by atoms with Gasteiger partial charge >= 0.3 is 6.09 Å². The van der Waals surface area contributed by atoms with Crippen LogP contribution in [-0.2, 0) is 14.3 Å². The molecule has 0 spiro atoms. The van der Waals surface area contributed by atoms with E-state index in [9.17, 15) is 14.4 Å². The van der Waals surface area contributed by atoms with Crippen LogP contribution < -0.4 is 5.32 Å². The minimum Gasteiger partial charge on any atom is -0.450 e. The molecule has 1 atom stereocenters. The summed E-state index contributed by atoms with van der Waals surface area (Å²) in [7, 11) is 0. The Morgan fingerprint density at radius 2 is 1.90 bits per heavy atom. The van der Waals surface area contributed by atoms with Gasteiger partial charge in [-0.25, -0.2) is 4.79 Å². The average molecular weight is 283 g/mol. The van der Waals surface area contributed by atoms with E-state index in [4.69, 9.17) is 4.74 Å². The van der Waals surface area contributed by atoms with Crippen molar-refractivity contribution in [3.05, 3.63) is 0 Å². The molecular weight excluding hydrogens is 262 g/mol. The number of ether oxygens (including phenoxy) is 1. The second-order valence-electron chi connectivity index (χ2n) is 5.05. The van der Waals surface area contributed by atoms with Crippen LogP contribution in [0, 0.1) is 5.92 Å². The van der Waals surface area contributed by atoms with Crippen LogP contribution in [0.4, 0.5) is 4.79 Å². The molecule has 0 saturated carbocycles. The second-order valence-corrected chi connectivity index (χ2v) is 5.05. The summed E-state index contributed by atoms with van der Waals surface area (Å²) in [4.78, 5) is 38.6. The van der Waals surface area contributed by atoms with Crippen LogP contribution in [0.1, 0.15) is 19.8 Å². The summed E-state index contributed by atoms with van der Waals surface area (Å²) in [6.07, 6.45) is 0.649. The summed E-state index contributed by atoms with van der Waals surface area (Å²) in [5.41, 5.74) is 0. The van der Waals surface area contributed by atoms with E-state index in [2.05, 4.69) is 5.32 Å². The molecule has 2 saturated heterocycles. The van der Waals surface area contributed by atoms with Crippen LogP contribution in [0.2, 0.25) is 0 Å². The molecule has 7 heteroatoms. The fourth-order valence-corrected chi connectivity index (χ4v) is 2.58. The lowest BCUT2D eigenvalue weighted by Crippen LogP contribution is -2.53. The lowest BCUT2D eigenvalue weighted by molar-refractivity contribution is -0.141. The molecule has 2 fully saturated rings. The number of rotatable bonds is 2. The van der Waals surface area contributed by atoms with E-state index in [0.29, 0.717) is 45.8 Å². The highest BCUT2D eigenvalue weighted by atomic mass is 16.6. The third-order valence-corrected chi connectivity index (χ3v) is 3.71. The zero-order valence-electron chi connectivity index (χ0n) is 11.8. The molecule has 2 heterocycles. The van der Waals surface area contributed by atoms with Crippen LogP contribution in [0.25, 0.3) is 0 Å². The van der Waals surface area contributed by atoms with Gasteiger partial charge in [-0.2, -0.15) is 0 Å². The van der Waals surface area contributed by atoms with Crippen molar-refractivity contribution in [2.75, 3.05) is 39.3 Å². The minimum absolute atomic E-state index is 0.0309. The number of amides is 3. The Balaban J connectivity index is 1.82. The molecule has 0 aromatic carbocycles. The van der Waals surface area contributed by atoms with Gasteiger partial charge in [0.25, 0.3) is 0 Å². The molecule has 0 aromatic heterocycles. The zero-order chi connectivity index (χ0) is 14.5. The van der Waals surface area contributed by atoms with Crippen molar-refractivity contribution < 1.29 is 19.1 Å². The van der Waals surface area contributed by atoms with Crippen LogP contribution in [0.15, 0.2) is 0 Å². The standard InChI is InChI=1S/C13H21N3O4/c1-2-20-13(19)16-7-5-15(6-8-16)12(18)10-3-4-14-11(17)9-10/h10H,2-9H2,1H3,(H,14,17). The number of hydrogen-bond donors (Lipinski definition) is 1. The van der Waals surface area contributed by atoms with Gasteiger partial charge in [-0.05, 0) is 13.3 Å². The number of carbonyl (C=O) groups is 3. The number of nitrogens with zero attached hydrogens (tertiary/aromatic N) is 2. The van der Waals surface area contributed by atoms with Gasteiger partial charge in [0.05, 0.1) is 6.61 Å². The number of nitrogens with one attached hydrogen (secondary N) is 1. The van der Waals surface area contributed by atoms with Gasteiger partial charge in [0.15, 0.2) is 0 Å². The maximum Gasteiger partial charge on any atom is 0.409 e. The van der Waals surface area contributed by atoms with Gasteiger partial charge < -0.3 is 19.9 Å². The molecule has 0 bridgehead atoms. The number of piperazine rings is 1. The molecule has 3 amide bonds. The molecular formula is C13H21N3O4. The van der Waals surface area contributed by atoms with Gasteiger partial charge in [0.1, 0.15) is 0 Å². The Kier molecular flexibility index (Phi) is 4.81. The number of carbonyl (C=O) groups excluding carboxylic acids is 3. The SMILES string of the molecule is CCOC(=O)N1CCN(C(=O)C2CCNC(=O)C2)CC1. The maximum atomic E-state index is 12.3. The lowest BCUT2D eigenvalue weighted by Gasteiger charge is -2.36. The molecule has 0 aromatic rings. The normalized spacial score (nSPS) is 23.2. The van der Waals surface area contributed by atoms with E-state index in [0.717, 1.165) is 0 Å². The second kappa shape index (κ2) is 6.58. The fraction of sp³-hybridized carbons (Fsp3) is 0.769. The summed E-state index contributed by atoms with van der Waals surface area (Å²) in [6, 6.07) is 0. The highest BCUT2D eigenvalue weighted by Gasteiger charge is 2.32. The molecule has 2 rings (SSSR count). The van der Waals surface area contributed by atoms with E-state index in [1.807, 2.05) is 0 Å². The van der Waals surface area contributed by atoms with Gasteiger partial charge in [0.2, 0.25) is 11.8 Å². The molecule has 0 aliphatic carbocycles. The molecule has 1 unspecified atom stereocenters. The van der Waals surface area contributed by atoms with Crippen molar-refractivity contribution in [1.82, 2.24) is 15.1 Å². The Morgan fingerprint density at radius 3 is 2.50 bits per heavy atom. The van der Waals surface area contributed by atoms with Crippen molar-refractivity contribution in [2.24, 2.45) is 5.92 Å². The van der Waals surface area contributed by atoms with E-state index in [1.54, 1.807) is 16.7 Å². The number of hydrogen-bond acceptors (Lipinski definition) is 4. The maximum absolute atomic E-state index is 12.3. The Hall–Kier alpha value is -1.79. The van der Waals surface area contributed by atoms with Crippen molar-refractivity contribution in [3.8, 4) is 0 Å². The summed E-state index contributed by atoms with van der Waals surface area (Å²) in [5.74, 6) is -0.235. The largest absolute Gasteiger partial charge is 0.450 e. The van der Waals surface area contributed by atoms with Crippen molar-refractivity contribution in [3.63, 3.8) is 0 Å². The third-order valence-electron chi connectivity index (χ3n) is 3.71. The van der Waals surface area contributed by atoms with Gasteiger partial charge in [0, 0.05) is 45.1 Å². The van der Waals surface area contributed by atoms with Crippen molar-refractivity contribution in [1.29, 1.82) is 0 Å². The Morgan fingerprint density at radius 1 is 1.25 bits per heavy atom. The molecule has 1 N–H and O–H groups in total. The first kappa shape index (κ1) is 14.6. The third kappa shape index (κ3) is 3.40. The molecule has 2 aliphatic heterocycles. The predicted molar refractivity (Wildman–Crippen MR) is 70.9 cm³/mol. The number of piperidine rings is 1. The Bertz CT molecular complexity index is 391. The highest BCUT2D eigenvalue weighted by molar-refractivity contribution is 5.87. The zero-order valence-corrected chi connectivity index (χ0v) is 11.8. The van der Waals surface area contributed by atoms with Gasteiger partial charge in [-0.3, -0.25) is 9.59 Å². The van der Waals surface area contributed by atoms with Crippen molar-refractivity contribution in [2.45, 2.75) is 19.8 Å². The van der Waals surface area contributed by atoms with Crippen LogP contribution >= 0.6 is 0 Å². The van der Waals surface area contributed by atoms with Crippen LogP contribution in [-0.4, -0.2) is 67.0 Å². The van der Waals surface area contributed by atoms with E-state index in [-0.39, 0.29) is 30.2 Å². The van der Waals surface area contributed by atoms with E-state index in [1.165, 1.54) is 0 Å². The monoisotopic (exact) mass is 283 g/mol. The lowest BCUT2D eigenvalue weighted by atomic mass is 9.95. The molecule has 20 heavy (non-hydrogen) atoms. The molecule has 112 valence electrons. The highest BCUT2D eigenvalue weighted by Crippen LogP contribution is 2.17. The average Bonchev–Trinajstić information content (AvgIpc) is 2.47. The first-order valence-electron chi connectivity index (χ1n) is 7.09. The van der Waals surface area contributed by atoms with Crippen LogP contribution in [0.3, 0.4) is 0 Å². The molecule has 2 aliphatic rings. The minimum atomic E-state index is -0.323. The summed E-state index contributed by atoms with van der Waals surface area (Å²) in [6.45, 7) is 4.69. The first-order chi connectivity index (χ1) is 9.61. The Labute approximate surface area is 118 Å². The van der Waals surface area contributed by atoms with Crippen LogP contribution in [0.5, 0.6) is 0 Å². The summed E-state index contributed by atoms with van der Waals surface area (Å²) >= 11 is 0. The summed E-state index contributed by atoms with van der Waals surface area (Å²) in [5, 5.41) is 2.73. The fourth-order valence-electron chi connectivity index (χ4n) is 2.58. The topological polar surface area (TPSA) is 79.0 Å². The van der Waals surface area contributed by atoms with Crippen molar-refractivity contribution >= 4 is 17.9 Å². The first-order valence-corrected chi connectivity index (χ1v) is 7.09. The summed E-state index contributed by atoms with van der Waals surface area (Å²) < 4.78 is 4.94. The van der Waals surface area contributed by atoms with Gasteiger partial charge in [-0.15, -0.1) is 0 Å². The molecule has 7 nitrogen and oxygen atoms in total. The van der Waals surface area contributed by atoms with Gasteiger partial charge in [-0.1, -0.05) is 0 Å². The molecule has 0 radical (unpaired) electrons. The predicted octanol–water partition coefficient (Wildman–Crippen LogP) is -0.187.